The Labute approximate surface area is 248 Å². The van der Waals surface area contributed by atoms with Gasteiger partial charge in [-0.05, 0) is 81.6 Å². The topological polar surface area (TPSA) is 96.0 Å². The number of benzene rings is 3. The van der Waals surface area contributed by atoms with Crippen molar-refractivity contribution in [2.45, 2.75) is 64.6 Å². The molecule has 0 fully saturated rings. The Morgan fingerprint density at radius 1 is 0.976 bits per heavy atom. The molecular formula is C31H38ClN3O5S. The number of nitrogens with one attached hydrogen (secondary N) is 1. The minimum atomic E-state index is -4.21. The molecule has 41 heavy (non-hydrogen) atoms. The molecule has 0 radical (unpaired) electrons. The molecule has 3 aromatic rings. The van der Waals surface area contributed by atoms with Gasteiger partial charge in [-0.15, -0.1) is 0 Å². The Bertz CT molecular complexity index is 1480. The fourth-order valence-electron chi connectivity index (χ4n) is 4.23. The molecule has 10 heteroatoms. The smallest absolute Gasteiger partial charge is 0.264 e. The third kappa shape index (κ3) is 8.01. The van der Waals surface area contributed by atoms with Gasteiger partial charge in [-0.2, -0.15) is 0 Å². The average molecular weight is 600 g/mol. The first-order valence-corrected chi connectivity index (χ1v) is 15.3. The lowest BCUT2D eigenvalue weighted by atomic mass is 10.1. The number of rotatable bonds is 12. The molecule has 0 aromatic heterocycles. The second kappa shape index (κ2) is 13.9. The summed E-state index contributed by atoms with van der Waals surface area (Å²) in [4.78, 5) is 28.7. The molecule has 2 atom stereocenters. The molecule has 2 amide bonds. The monoisotopic (exact) mass is 599 g/mol. The fraction of sp³-hybridized carbons (Fsp3) is 0.355. The Hall–Kier alpha value is -3.56. The lowest BCUT2D eigenvalue weighted by Gasteiger charge is -2.33. The summed E-state index contributed by atoms with van der Waals surface area (Å²) < 4.78 is 34.7. The van der Waals surface area contributed by atoms with E-state index >= 15 is 0 Å². The van der Waals surface area contributed by atoms with E-state index in [2.05, 4.69) is 5.32 Å². The van der Waals surface area contributed by atoms with E-state index in [1.807, 2.05) is 27.7 Å². The van der Waals surface area contributed by atoms with Crippen LogP contribution in [0.25, 0.3) is 0 Å². The quantitative estimate of drug-likeness (QED) is 0.297. The highest BCUT2D eigenvalue weighted by atomic mass is 35.5. The van der Waals surface area contributed by atoms with E-state index < -0.39 is 28.5 Å². The van der Waals surface area contributed by atoms with Gasteiger partial charge in [0.2, 0.25) is 11.8 Å². The third-order valence-corrected chi connectivity index (χ3v) is 8.91. The molecule has 0 heterocycles. The standard InChI is InChI=1S/C31H38ClN3O5S/c1-7-23(4)33-31(37)24(5)34(19-25-9-8-10-26(32)18-25)30(36)20-35(28-17-22(3)13-16-29(28)40-6)41(38,39)27-14-11-21(2)12-15-27/h8-18,23-24H,7,19-20H2,1-6H3,(H,33,37)/t23-,24-/m1/s1. The highest BCUT2D eigenvalue weighted by Crippen LogP contribution is 2.34. The number of sulfonamides is 1. The molecule has 3 aromatic carbocycles. The molecule has 0 aliphatic carbocycles. The van der Waals surface area contributed by atoms with Crippen LogP contribution in [0.5, 0.6) is 5.75 Å². The first-order chi connectivity index (χ1) is 19.4. The molecule has 0 saturated heterocycles. The number of hydrogen-bond donors (Lipinski definition) is 1. The molecule has 8 nitrogen and oxygen atoms in total. The number of nitrogens with zero attached hydrogens (tertiary/aromatic N) is 2. The van der Waals surface area contributed by atoms with Gasteiger partial charge in [-0.1, -0.05) is 54.4 Å². The van der Waals surface area contributed by atoms with Gasteiger partial charge < -0.3 is 15.0 Å². The molecule has 0 unspecified atom stereocenters. The van der Waals surface area contributed by atoms with Gasteiger partial charge in [0.25, 0.3) is 10.0 Å². The van der Waals surface area contributed by atoms with Crippen LogP contribution in [0.15, 0.2) is 71.6 Å². The number of carbonyl (C=O) groups excluding carboxylic acids is 2. The van der Waals surface area contributed by atoms with Crippen molar-refractivity contribution in [2.75, 3.05) is 18.0 Å². The third-order valence-electron chi connectivity index (χ3n) is 6.90. The van der Waals surface area contributed by atoms with Crippen LogP contribution in [0.2, 0.25) is 5.02 Å². The van der Waals surface area contributed by atoms with Crippen molar-refractivity contribution < 1.29 is 22.7 Å². The van der Waals surface area contributed by atoms with Gasteiger partial charge in [0.15, 0.2) is 0 Å². The Morgan fingerprint density at radius 2 is 1.63 bits per heavy atom. The van der Waals surface area contributed by atoms with E-state index in [9.17, 15) is 18.0 Å². The van der Waals surface area contributed by atoms with Gasteiger partial charge in [-0.25, -0.2) is 8.42 Å². The number of anilines is 1. The number of methoxy groups -OCH3 is 1. The molecule has 0 aliphatic rings. The van der Waals surface area contributed by atoms with Crippen LogP contribution in [0.1, 0.15) is 43.9 Å². The summed E-state index contributed by atoms with van der Waals surface area (Å²) in [6, 6.07) is 17.6. The fourth-order valence-corrected chi connectivity index (χ4v) is 5.86. The Morgan fingerprint density at radius 3 is 2.24 bits per heavy atom. The number of carbonyl (C=O) groups is 2. The van der Waals surface area contributed by atoms with Crippen LogP contribution in [0, 0.1) is 13.8 Å². The lowest BCUT2D eigenvalue weighted by Crippen LogP contribution is -2.52. The number of halogens is 1. The number of amides is 2. The maximum Gasteiger partial charge on any atom is 0.264 e. The maximum atomic E-state index is 14.1. The van der Waals surface area contributed by atoms with E-state index in [4.69, 9.17) is 16.3 Å². The summed E-state index contributed by atoms with van der Waals surface area (Å²) in [5.74, 6) is -0.602. The number of hydrogen-bond acceptors (Lipinski definition) is 5. The predicted octanol–water partition coefficient (Wildman–Crippen LogP) is 5.49. The highest BCUT2D eigenvalue weighted by Gasteiger charge is 2.34. The van der Waals surface area contributed by atoms with Crippen molar-refractivity contribution in [3.05, 3.63) is 88.4 Å². The molecule has 220 valence electrons. The average Bonchev–Trinajstić information content (AvgIpc) is 2.94. The van der Waals surface area contributed by atoms with Crippen LogP contribution in [0.3, 0.4) is 0 Å². The molecule has 0 aliphatic heterocycles. The summed E-state index contributed by atoms with van der Waals surface area (Å²) in [5, 5.41) is 3.41. The van der Waals surface area contributed by atoms with Crippen molar-refractivity contribution in [1.82, 2.24) is 10.2 Å². The van der Waals surface area contributed by atoms with Crippen molar-refractivity contribution >= 4 is 39.1 Å². The second-order valence-electron chi connectivity index (χ2n) is 10.1. The Kier molecular flexibility index (Phi) is 10.8. The molecule has 3 rings (SSSR count). The molecule has 0 bridgehead atoms. The van der Waals surface area contributed by atoms with Crippen LogP contribution >= 0.6 is 11.6 Å². The molecule has 0 spiro atoms. The Balaban J connectivity index is 2.10. The van der Waals surface area contributed by atoms with E-state index in [1.165, 1.54) is 24.1 Å². The van der Waals surface area contributed by atoms with Gasteiger partial charge in [0, 0.05) is 17.6 Å². The summed E-state index contributed by atoms with van der Waals surface area (Å²) in [6.07, 6.45) is 0.719. The van der Waals surface area contributed by atoms with Gasteiger partial charge >= 0.3 is 0 Å². The van der Waals surface area contributed by atoms with E-state index in [0.717, 1.165) is 21.9 Å². The molecule has 1 N–H and O–H groups in total. The van der Waals surface area contributed by atoms with Crippen molar-refractivity contribution in [3.63, 3.8) is 0 Å². The minimum Gasteiger partial charge on any atom is -0.495 e. The van der Waals surface area contributed by atoms with Crippen LogP contribution in [-0.4, -0.2) is 50.9 Å². The van der Waals surface area contributed by atoms with Gasteiger partial charge in [0.1, 0.15) is 18.3 Å². The van der Waals surface area contributed by atoms with Crippen LogP contribution in [0.4, 0.5) is 5.69 Å². The van der Waals surface area contributed by atoms with Gasteiger partial charge in [-0.3, -0.25) is 13.9 Å². The number of aryl methyl sites for hydroxylation is 2. The van der Waals surface area contributed by atoms with E-state index in [0.29, 0.717) is 16.3 Å². The lowest BCUT2D eigenvalue weighted by molar-refractivity contribution is -0.139. The van der Waals surface area contributed by atoms with Gasteiger partial charge in [0.05, 0.1) is 17.7 Å². The van der Waals surface area contributed by atoms with Crippen molar-refractivity contribution in [3.8, 4) is 5.75 Å². The largest absolute Gasteiger partial charge is 0.495 e. The summed E-state index contributed by atoms with van der Waals surface area (Å²) >= 11 is 6.20. The zero-order chi connectivity index (χ0) is 30.3. The summed E-state index contributed by atoms with van der Waals surface area (Å²) in [6.45, 7) is 8.65. The molecule has 0 saturated carbocycles. The number of ether oxygens (including phenoxy) is 1. The van der Waals surface area contributed by atoms with E-state index in [-0.39, 0.29) is 29.1 Å². The first-order valence-electron chi connectivity index (χ1n) is 13.5. The SMILES string of the molecule is CC[C@@H](C)NC(=O)[C@@H](C)N(Cc1cccc(Cl)c1)C(=O)CN(c1cc(C)ccc1OC)S(=O)(=O)c1ccc(C)cc1. The van der Waals surface area contributed by atoms with E-state index in [1.54, 1.807) is 61.5 Å². The second-order valence-corrected chi connectivity index (χ2v) is 12.4. The highest BCUT2D eigenvalue weighted by molar-refractivity contribution is 7.92. The summed E-state index contributed by atoms with van der Waals surface area (Å²) in [5.41, 5.74) is 2.61. The van der Waals surface area contributed by atoms with Crippen LogP contribution in [-0.2, 0) is 26.2 Å². The molecular weight excluding hydrogens is 562 g/mol. The maximum absolute atomic E-state index is 14.1. The first kappa shape index (κ1) is 32.0. The van der Waals surface area contributed by atoms with Crippen LogP contribution < -0.4 is 14.4 Å². The predicted molar refractivity (Wildman–Crippen MR) is 163 cm³/mol. The normalized spacial score (nSPS) is 12.8. The summed E-state index contributed by atoms with van der Waals surface area (Å²) in [7, 11) is -2.77. The van der Waals surface area contributed by atoms with Crippen molar-refractivity contribution in [2.24, 2.45) is 0 Å². The van der Waals surface area contributed by atoms with Crippen molar-refractivity contribution in [1.29, 1.82) is 0 Å². The zero-order valence-corrected chi connectivity index (χ0v) is 25.9. The zero-order valence-electron chi connectivity index (χ0n) is 24.3. The minimum absolute atomic E-state index is 0.0309.